The SMILES string of the molecule is CN1C(COc2ccc(-c3nn([11CH3])cc3-c3ccncc3)cc2)=Nc2ccccc2S1(=O)=O. The van der Waals surface area contributed by atoms with Crippen LogP contribution in [0, 0.1) is 0 Å². The molecule has 8 nitrogen and oxygen atoms in total. The van der Waals surface area contributed by atoms with Crippen molar-refractivity contribution < 1.29 is 13.2 Å². The first-order chi connectivity index (χ1) is 15.9. The van der Waals surface area contributed by atoms with E-state index in [1.54, 1.807) is 41.3 Å². The van der Waals surface area contributed by atoms with Gasteiger partial charge in [-0.25, -0.2) is 13.4 Å². The van der Waals surface area contributed by atoms with E-state index in [9.17, 15) is 8.42 Å². The smallest absolute Gasteiger partial charge is 0.267 e. The number of nitrogens with zero attached hydrogens (tertiary/aromatic N) is 5. The van der Waals surface area contributed by atoms with Crippen molar-refractivity contribution in [2.24, 2.45) is 12.0 Å². The number of aromatic nitrogens is 3. The van der Waals surface area contributed by atoms with Gasteiger partial charge in [-0.1, -0.05) is 12.1 Å². The summed E-state index contributed by atoms with van der Waals surface area (Å²) in [6.07, 6.45) is 5.49. The first-order valence-electron chi connectivity index (χ1n) is 10.3. The highest BCUT2D eigenvalue weighted by Gasteiger charge is 2.31. The van der Waals surface area contributed by atoms with Crippen LogP contribution in [-0.2, 0) is 17.1 Å². The fourth-order valence-corrected chi connectivity index (χ4v) is 4.98. The van der Waals surface area contributed by atoms with Gasteiger partial charge in [0.1, 0.15) is 22.9 Å². The molecule has 9 heteroatoms. The van der Waals surface area contributed by atoms with Crippen molar-refractivity contribution in [2.75, 3.05) is 13.7 Å². The maximum atomic E-state index is 12.8. The van der Waals surface area contributed by atoms with Crippen LogP contribution in [0.4, 0.5) is 5.69 Å². The predicted molar refractivity (Wildman–Crippen MR) is 126 cm³/mol. The Hall–Kier alpha value is -3.98. The maximum absolute atomic E-state index is 12.8. The number of amidine groups is 1. The molecule has 4 aromatic rings. The normalized spacial score (nSPS) is 14.5. The number of fused-ring (bicyclic) bond motifs is 1. The van der Waals surface area contributed by atoms with Gasteiger partial charge in [-0.3, -0.25) is 14.0 Å². The minimum absolute atomic E-state index is 0.0231. The number of hydrogen-bond donors (Lipinski definition) is 0. The Morgan fingerprint density at radius 2 is 1.64 bits per heavy atom. The summed E-state index contributed by atoms with van der Waals surface area (Å²) in [5, 5.41) is 4.62. The lowest BCUT2D eigenvalue weighted by Gasteiger charge is -2.26. The number of para-hydroxylation sites is 1. The van der Waals surface area contributed by atoms with Gasteiger partial charge in [0.05, 0.1) is 5.69 Å². The molecular weight excluding hydrogens is 437 g/mol. The Labute approximate surface area is 191 Å². The van der Waals surface area contributed by atoms with Crippen LogP contribution in [0.3, 0.4) is 0 Å². The summed E-state index contributed by atoms with van der Waals surface area (Å²) in [4.78, 5) is 8.75. The average molecular weight is 459 g/mol. The molecule has 0 N–H and O–H groups in total. The number of sulfonamides is 1. The Balaban J connectivity index is 1.37. The number of benzene rings is 2. The quantitative estimate of drug-likeness (QED) is 0.453. The summed E-state index contributed by atoms with van der Waals surface area (Å²) in [5.74, 6) is 0.926. The molecule has 5 rings (SSSR count). The van der Waals surface area contributed by atoms with Gasteiger partial charge in [0, 0.05) is 43.8 Å². The molecule has 0 spiro atoms. The van der Waals surface area contributed by atoms with E-state index in [4.69, 9.17) is 4.74 Å². The number of ether oxygens (including phenoxy) is 1. The lowest BCUT2D eigenvalue weighted by Crippen LogP contribution is -2.38. The second kappa shape index (κ2) is 8.18. The molecule has 166 valence electrons. The second-order valence-electron chi connectivity index (χ2n) is 7.58. The lowest BCUT2D eigenvalue weighted by molar-refractivity contribution is 0.365. The molecule has 0 fully saturated rings. The van der Waals surface area contributed by atoms with Crippen molar-refractivity contribution in [2.45, 2.75) is 4.90 Å². The zero-order chi connectivity index (χ0) is 23.0. The van der Waals surface area contributed by atoms with Gasteiger partial charge in [0.15, 0.2) is 5.84 Å². The Kier molecular flexibility index (Phi) is 5.18. The molecule has 0 bridgehead atoms. The van der Waals surface area contributed by atoms with Crippen LogP contribution in [0.1, 0.15) is 0 Å². The molecule has 1 aliphatic rings. The van der Waals surface area contributed by atoms with Crippen LogP contribution in [0.15, 0.2) is 89.1 Å². The fourth-order valence-electron chi connectivity index (χ4n) is 3.69. The van der Waals surface area contributed by atoms with E-state index >= 15 is 0 Å². The van der Waals surface area contributed by atoms with Crippen LogP contribution in [0.5, 0.6) is 5.75 Å². The van der Waals surface area contributed by atoms with Crippen LogP contribution in [0.2, 0.25) is 0 Å². The summed E-state index contributed by atoms with van der Waals surface area (Å²) >= 11 is 0. The highest BCUT2D eigenvalue weighted by atomic mass is 32.2. The third-order valence-electron chi connectivity index (χ3n) is 5.43. The highest BCUT2D eigenvalue weighted by Crippen LogP contribution is 2.33. The monoisotopic (exact) mass is 458 g/mol. The van der Waals surface area contributed by atoms with Gasteiger partial charge in [-0.15, -0.1) is 0 Å². The Morgan fingerprint density at radius 3 is 2.39 bits per heavy atom. The number of aliphatic imine (C=N–C) groups is 1. The summed E-state index contributed by atoms with van der Waals surface area (Å²) in [5.41, 5.74) is 4.26. The van der Waals surface area contributed by atoms with Gasteiger partial charge in [-0.2, -0.15) is 5.10 Å². The second-order valence-corrected chi connectivity index (χ2v) is 9.52. The molecule has 0 radical (unpaired) electrons. The van der Waals surface area contributed by atoms with Gasteiger partial charge in [0.25, 0.3) is 10.0 Å². The number of aryl methyl sites for hydroxylation is 1. The molecular formula is C24H21N5O3S. The average Bonchev–Trinajstić information content (AvgIpc) is 3.23. The van der Waals surface area contributed by atoms with Crippen LogP contribution in [0.25, 0.3) is 22.4 Å². The van der Waals surface area contributed by atoms with Crippen molar-refractivity contribution in [3.8, 4) is 28.1 Å². The zero-order valence-electron chi connectivity index (χ0n) is 18.1. The topological polar surface area (TPSA) is 89.7 Å². The summed E-state index contributed by atoms with van der Waals surface area (Å²) in [7, 11) is -0.266. The van der Waals surface area contributed by atoms with Crippen molar-refractivity contribution in [3.05, 3.63) is 79.3 Å². The third-order valence-corrected chi connectivity index (χ3v) is 7.27. The molecule has 0 unspecified atom stereocenters. The van der Waals surface area contributed by atoms with E-state index in [2.05, 4.69) is 15.1 Å². The van der Waals surface area contributed by atoms with Crippen LogP contribution in [-0.4, -0.2) is 47.0 Å². The summed E-state index contributed by atoms with van der Waals surface area (Å²) < 4.78 is 34.3. The molecule has 1 aliphatic heterocycles. The molecule has 2 aromatic carbocycles. The van der Waals surface area contributed by atoms with Gasteiger partial charge >= 0.3 is 0 Å². The van der Waals surface area contributed by atoms with Crippen molar-refractivity contribution in [3.63, 3.8) is 0 Å². The molecule has 0 atom stereocenters. The minimum Gasteiger partial charge on any atom is -0.486 e. The lowest BCUT2D eigenvalue weighted by atomic mass is 10.0. The highest BCUT2D eigenvalue weighted by molar-refractivity contribution is 7.90. The Bertz CT molecular complexity index is 1450. The van der Waals surface area contributed by atoms with E-state index in [-0.39, 0.29) is 11.5 Å². The molecule has 33 heavy (non-hydrogen) atoms. The molecule has 0 saturated heterocycles. The van der Waals surface area contributed by atoms with Crippen molar-refractivity contribution >= 4 is 21.5 Å². The molecule has 3 heterocycles. The van der Waals surface area contributed by atoms with Crippen LogP contribution >= 0.6 is 0 Å². The van der Waals surface area contributed by atoms with Crippen molar-refractivity contribution in [1.29, 1.82) is 0 Å². The van der Waals surface area contributed by atoms with E-state index in [1.165, 1.54) is 11.4 Å². The number of pyridine rings is 1. The molecule has 0 aliphatic carbocycles. The fraction of sp³-hybridized carbons (Fsp3) is 0.125. The van der Waals surface area contributed by atoms with Crippen LogP contribution < -0.4 is 4.74 Å². The number of rotatable bonds is 5. The standard InChI is InChI=1S/C24H21N5O3S/c1-28-15-20(17-11-13-25-14-12-17)24(27-28)18-7-9-19(10-8-18)32-16-23-26-21-5-3-4-6-22(21)33(30,31)29(23)2/h3-15H,16H2,1-2H3/i1-1. The largest absolute Gasteiger partial charge is 0.486 e. The van der Waals surface area contributed by atoms with E-state index in [1.807, 2.05) is 49.6 Å². The summed E-state index contributed by atoms with van der Waals surface area (Å²) in [6.45, 7) is 0.0231. The van der Waals surface area contributed by atoms with Crippen molar-refractivity contribution in [1.82, 2.24) is 19.1 Å². The summed E-state index contributed by atoms with van der Waals surface area (Å²) in [6, 6.07) is 18.1. The van der Waals surface area contributed by atoms with Gasteiger partial charge in [-0.05, 0) is 54.1 Å². The Morgan fingerprint density at radius 1 is 0.909 bits per heavy atom. The van der Waals surface area contributed by atoms with E-state index < -0.39 is 10.0 Å². The third kappa shape index (κ3) is 3.87. The predicted octanol–water partition coefficient (Wildman–Crippen LogP) is 3.89. The number of likely N-dealkylation sites (N-methyl/N-ethyl adjacent to an activating group) is 1. The maximum Gasteiger partial charge on any atom is 0.267 e. The van der Waals surface area contributed by atoms with Gasteiger partial charge < -0.3 is 4.74 Å². The first-order valence-corrected chi connectivity index (χ1v) is 11.7. The van der Waals surface area contributed by atoms with E-state index in [0.717, 1.165) is 22.4 Å². The zero-order valence-corrected chi connectivity index (χ0v) is 18.9. The van der Waals surface area contributed by atoms with E-state index in [0.29, 0.717) is 17.3 Å². The molecule has 0 saturated carbocycles. The number of hydrogen-bond acceptors (Lipinski definition) is 6. The molecule has 0 amide bonds. The first kappa shape index (κ1) is 20.9. The van der Waals surface area contributed by atoms with Gasteiger partial charge in [0.2, 0.25) is 0 Å². The molecule has 2 aromatic heterocycles. The minimum atomic E-state index is -3.64.